The summed E-state index contributed by atoms with van der Waals surface area (Å²) in [6.07, 6.45) is 0. The van der Waals surface area contributed by atoms with Crippen LogP contribution in [0.1, 0.15) is 6.92 Å². The lowest BCUT2D eigenvalue weighted by Gasteiger charge is -2.36. The van der Waals surface area contributed by atoms with E-state index in [1.165, 1.54) is 10.7 Å². The topological polar surface area (TPSA) is 67.7 Å². The standard InChI is InChI=1S/C24H25ClN4O3/c1-2-32-21-8-6-18(7-9-21)22-10-11-23(30)29(26-22)17-24(31)28-14-12-27(13-15-28)20-5-3-4-19(25)16-20/h3-11,16H,2,12-15,17H2,1H3. The molecule has 0 saturated carbocycles. The first-order valence-corrected chi connectivity index (χ1v) is 11.0. The molecule has 0 aliphatic carbocycles. The van der Waals surface area contributed by atoms with Gasteiger partial charge in [-0.1, -0.05) is 17.7 Å². The number of hydrogen-bond acceptors (Lipinski definition) is 5. The van der Waals surface area contributed by atoms with Crippen LogP contribution in [0.3, 0.4) is 0 Å². The minimum absolute atomic E-state index is 0.0825. The Morgan fingerprint density at radius 2 is 1.78 bits per heavy atom. The van der Waals surface area contributed by atoms with Gasteiger partial charge in [0, 0.05) is 48.5 Å². The first kappa shape index (κ1) is 21.9. The first-order valence-electron chi connectivity index (χ1n) is 10.6. The summed E-state index contributed by atoms with van der Waals surface area (Å²) in [5.41, 5.74) is 2.23. The zero-order chi connectivity index (χ0) is 22.5. The molecule has 4 rings (SSSR count). The van der Waals surface area contributed by atoms with E-state index in [1.807, 2.05) is 55.5 Å². The number of benzene rings is 2. The fourth-order valence-electron chi connectivity index (χ4n) is 3.72. The molecule has 0 spiro atoms. The highest BCUT2D eigenvalue weighted by Crippen LogP contribution is 2.21. The highest BCUT2D eigenvalue weighted by molar-refractivity contribution is 6.30. The third-order valence-electron chi connectivity index (χ3n) is 5.42. The Morgan fingerprint density at radius 3 is 2.47 bits per heavy atom. The van der Waals surface area contributed by atoms with Crippen LogP contribution in [0.5, 0.6) is 5.75 Å². The number of piperazine rings is 1. The fourth-order valence-corrected chi connectivity index (χ4v) is 3.90. The van der Waals surface area contributed by atoms with E-state index in [0.717, 1.165) is 17.0 Å². The van der Waals surface area contributed by atoms with Gasteiger partial charge >= 0.3 is 0 Å². The van der Waals surface area contributed by atoms with Crippen molar-refractivity contribution in [2.24, 2.45) is 0 Å². The number of hydrogen-bond donors (Lipinski definition) is 0. The van der Waals surface area contributed by atoms with Gasteiger partial charge in [0.05, 0.1) is 12.3 Å². The summed E-state index contributed by atoms with van der Waals surface area (Å²) in [7, 11) is 0. The van der Waals surface area contributed by atoms with Crippen LogP contribution in [0.4, 0.5) is 5.69 Å². The van der Waals surface area contributed by atoms with Crippen molar-refractivity contribution in [2.45, 2.75) is 13.5 Å². The van der Waals surface area contributed by atoms with Crippen LogP contribution in [0.2, 0.25) is 5.02 Å². The van der Waals surface area contributed by atoms with Crippen LogP contribution in [-0.2, 0) is 11.3 Å². The Kier molecular flexibility index (Phi) is 6.75. The van der Waals surface area contributed by atoms with E-state index >= 15 is 0 Å². The van der Waals surface area contributed by atoms with Crippen LogP contribution in [0.15, 0.2) is 65.5 Å². The third-order valence-corrected chi connectivity index (χ3v) is 5.65. The van der Waals surface area contributed by atoms with Gasteiger partial charge in [-0.05, 0) is 55.5 Å². The van der Waals surface area contributed by atoms with Gasteiger partial charge in [0.15, 0.2) is 0 Å². The number of carbonyl (C=O) groups is 1. The quantitative estimate of drug-likeness (QED) is 0.574. The molecule has 1 aromatic heterocycles. The fraction of sp³-hybridized carbons (Fsp3) is 0.292. The van der Waals surface area contributed by atoms with Gasteiger partial charge in [-0.3, -0.25) is 9.59 Å². The second-order valence-electron chi connectivity index (χ2n) is 7.52. The number of halogens is 1. The number of anilines is 1. The summed E-state index contributed by atoms with van der Waals surface area (Å²) in [4.78, 5) is 29.1. The third kappa shape index (κ3) is 5.11. The zero-order valence-corrected chi connectivity index (χ0v) is 18.7. The second kappa shape index (κ2) is 9.87. The molecular formula is C24H25ClN4O3. The molecule has 1 amide bonds. The minimum atomic E-state index is -0.300. The summed E-state index contributed by atoms with van der Waals surface area (Å²) >= 11 is 6.09. The largest absolute Gasteiger partial charge is 0.494 e. The highest BCUT2D eigenvalue weighted by Gasteiger charge is 2.22. The Balaban J connectivity index is 1.41. The van der Waals surface area contributed by atoms with E-state index in [0.29, 0.717) is 43.5 Å². The van der Waals surface area contributed by atoms with Crippen molar-refractivity contribution in [1.29, 1.82) is 0 Å². The van der Waals surface area contributed by atoms with Crippen molar-refractivity contribution >= 4 is 23.2 Å². The summed E-state index contributed by atoms with van der Waals surface area (Å²) in [6, 6.07) is 18.3. The van der Waals surface area contributed by atoms with E-state index < -0.39 is 0 Å². The molecule has 1 aliphatic rings. The van der Waals surface area contributed by atoms with Crippen molar-refractivity contribution < 1.29 is 9.53 Å². The Morgan fingerprint density at radius 1 is 1.03 bits per heavy atom. The van der Waals surface area contributed by atoms with E-state index in [4.69, 9.17) is 16.3 Å². The molecule has 0 atom stereocenters. The van der Waals surface area contributed by atoms with Gasteiger partial charge in [-0.2, -0.15) is 5.10 Å². The molecular weight excluding hydrogens is 428 g/mol. The van der Waals surface area contributed by atoms with Crippen molar-refractivity contribution in [3.63, 3.8) is 0 Å². The molecule has 2 heterocycles. The first-order chi connectivity index (χ1) is 15.5. The molecule has 0 radical (unpaired) electrons. The summed E-state index contributed by atoms with van der Waals surface area (Å²) in [6.45, 7) is 5.02. The van der Waals surface area contributed by atoms with Crippen LogP contribution in [0, 0.1) is 0 Å². The molecule has 166 valence electrons. The summed E-state index contributed by atoms with van der Waals surface area (Å²) in [5, 5.41) is 5.11. The number of aromatic nitrogens is 2. The number of rotatable bonds is 6. The number of carbonyl (C=O) groups excluding carboxylic acids is 1. The van der Waals surface area contributed by atoms with Gasteiger partial charge in [-0.25, -0.2) is 4.68 Å². The average molecular weight is 453 g/mol. The molecule has 0 unspecified atom stereocenters. The summed E-state index contributed by atoms with van der Waals surface area (Å²) in [5.74, 6) is 0.658. The molecule has 1 aliphatic heterocycles. The Bertz CT molecular complexity index is 1140. The van der Waals surface area contributed by atoms with E-state index in [1.54, 1.807) is 11.0 Å². The van der Waals surface area contributed by atoms with Crippen molar-refractivity contribution in [3.8, 4) is 17.0 Å². The Hall–Kier alpha value is -3.32. The molecule has 8 heteroatoms. The van der Waals surface area contributed by atoms with Crippen molar-refractivity contribution in [3.05, 3.63) is 76.0 Å². The van der Waals surface area contributed by atoms with Crippen molar-refractivity contribution in [1.82, 2.24) is 14.7 Å². The van der Waals surface area contributed by atoms with E-state index in [-0.39, 0.29) is 18.0 Å². The Labute approximate surface area is 191 Å². The van der Waals surface area contributed by atoms with Gasteiger partial charge in [0.1, 0.15) is 12.3 Å². The van der Waals surface area contributed by atoms with E-state index in [9.17, 15) is 9.59 Å². The normalized spacial score (nSPS) is 13.8. The van der Waals surface area contributed by atoms with Gasteiger partial charge < -0.3 is 14.5 Å². The maximum Gasteiger partial charge on any atom is 0.267 e. The molecule has 0 N–H and O–H groups in total. The lowest BCUT2D eigenvalue weighted by atomic mass is 10.1. The predicted molar refractivity (Wildman–Crippen MR) is 125 cm³/mol. The maximum atomic E-state index is 12.9. The molecule has 2 aromatic carbocycles. The molecule has 3 aromatic rings. The zero-order valence-electron chi connectivity index (χ0n) is 17.9. The lowest BCUT2D eigenvalue weighted by Crippen LogP contribution is -2.50. The van der Waals surface area contributed by atoms with Gasteiger partial charge in [-0.15, -0.1) is 0 Å². The SMILES string of the molecule is CCOc1ccc(-c2ccc(=O)n(CC(=O)N3CCN(c4cccc(Cl)c4)CC3)n2)cc1. The number of amides is 1. The smallest absolute Gasteiger partial charge is 0.267 e. The van der Waals surface area contributed by atoms with Crippen LogP contribution in [-0.4, -0.2) is 53.4 Å². The average Bonchev–Trinajstić information content (AvgIpc) is 2.81. The molecule has 1 fully saturated rings. The number of nitrogens with zero attached hydrogens (tertiary/aromatic N) is 4. The molecule has 7 nitrogen and oxygen atoms in total. The number of ether oxygens (including phenoxy) is 1. The van der Waals surface area contributed by atoms with Crippen molar-refractivity contribution in [2.75, 3.05) is 37.7 Å². The molecule has 1 saturated heterocycles. The minimum Gasteiger partial charge on any atom is -0.494 e. The highest BCUT2D eigenvalue weighted by atomic mass is 35.5. The van der Waals surface area contributed by atoms with Crippen LogP contribution < -0.4 is 15.2 Å². The predicted octanol–water partition coefficient (Wildman–Crippen LogP) is 3.31. The van der Waals surface area contributed by atoms with Gasteiger partial charge in [0.25, 0.3) is 5.56 Å². The second-order valence-corrected chi connectivity index (χ2v) is 7.96. The molecule has 0 bridgehead atoms. The summed E-state index contributed by atoms with van der Waals surface area (Å²) < 4.78 is 6.70. The lowest BCUT2D eigenvalue weighted by molar-refractivity contribution is -0.132. The van der Waals surface area contributed by atoms with E-state index in [2.05, 4.69) is 10.00 Å². The maximum absolute atomic E-state index is 12.9. The van der Waals surface area contributed by atoms with Crippen LogP contribution >= 0.6 is 11.6 Å². The van der Waals surface area contributed by atoms with Crippen LogP contribution in [0.25, 0.3) is 11.3 Å². The molecule has 32 heavy (non-hydrogen) atoms. The van der Waals surface area contributed by atoms with Gasteiger partial charge in [0.2, 0.25) is 5.91 Å². The monoisotopic (exact) mass is 452 g/mol.